The van der Waals surface area contributed by atoms with Gasteiger partial charge in [-0.05, 0) is 18.2 Å². The number of furan rings is 1. The Hall–Kier alpha value is -2.55. The van der Waals surface area contributed by atoms with E-state index in [-0.39, 0.29) is 23.9 Å². The van der Waals surface area contributed by atoms with Crippen molar-refractivity contribution >= 4 is 5.91 Å². The zero-order valence-electron chi connectivity index (χ0n) is 11.7. The summed E-state index contributed by atoms with van der Waals surface area (Å²) in [5.41, 5.74) is -0.128. The maximum Gasteiger partial charge on any atom is 0.422 e. The molecule has 2 aromatic rings. The van der Waals surface area contributed by atoms with Crippen LogP contribution in [0.3, 0.4) is 0 Å². The highest BCUT2D eigenvalue weighted by atomic mass is 19.4. The predicted octanol–water partition coefficient (Wildman–Crippen LogP) is 2.08. The second-order valence-corrected chi connectivity index (χ2v) is 4.51. The van der Waals surface area contributed by atoms with Gasteiger partial charge in [0, 0.05) is 6.07 Å². The van der Waals surface area contributed by atoms with Gasteiger partial charge in [-0.1, -0.05) is 6.07 Å². The lowest BCUT2D eigenvalue weighted by atomic mass is 10.2. The van der Waals surface area contributed by atoms with E-state index >= 15 is 0 Å². The van der Waals surface area contributed by atoms with Crippen LogP contribution in [-0.2, 0) is 0 Å². The monoisotopic (exact) mass is 330 g/mol. The van der Waals surface area contributed by atoms with Crippen molar-refractivity contribution < 1.29 is 32.2 Å². The molecule has 1 unspecified atom stereocenters. The summed E-state index contributed by atoms with van der Waals surface area (Å²) < 4.78 is 45.7. The maximum atomic E-state index is 12.1. The zero-order valence-corrected chi connectivity index (χ0v) is 11.7. The minimum atomic E-state index is -4.49. The van der Waals surface area contributed by atoms with E-state index in [0.717, 1.165) is 0 Å². The van der Waals surface area contributed by atoms with Gasteiger partial charge in [0.2, 0.25) is 5.88 Å². The lowest BCUT2D eigenvalue weighted by Gasteiger charge is -2.11. The van der Waals surface area contributed by atoms with Crippen LogP contribution < -0.4 is 10.1 Å². The standard InChI is InChI=1S/C14H13F3N2O4/c15-14(16,17)8-23-12-5-1-3-9(19-12)13(21)18-7-10(20)11-4-2-6-22-11/h1-6,10,20H,7-8H2,(H,18,21). The molecule has 1 amide bonds. The van der Waals surface area contributed by atoms with Crippen LogP contribution >= 0.6 is 0 Å². The number of amides is 1. The molecule has 0 radical (unpaired) electrons. The van der Waals surface area contributed by atoms with E-state index in [4.69, 9.17) is 4.42 Å². The number of rotatable bonds is 6. The quantitative estimate of drug-likeness (QED) is 0.847. The molecule has 9 heteroatoms. The maximum absolute atomic E-state index is 12.1. The topological polar surface area (TPSA) is 84.6 Å². The highest BCUT2D eigenvalue weighted by Gasteiger charge is 2.28. The molecule has 0 aromatic carbocycles. The third-order valence-corrected chi connectivity index (χ3v) is 2.67. The Balaban J connectivity index is 1.91. The van der Waals surface area contributed by atoms with Gasteiger partial charge in [0.05, 0.1) is 12.8 Å². The summed E-state index contributed by atoms with van der Waals surface area (Å²) in [6.07, 6.45) is -4.16. The molecule has 0 aliphatic carbocycles. The smallest absolute Gasteiger partial charge is 0.422 e. The molecule has 23 heavy (non-hydrogen) atoms. The molecule has 2 N–H and O–H groups in total. The summed E-state index contributed by atoms with van der Waals surface area (Å²) in [6, 6.07) is 7.00. The molecule has 0 aliphatic heterocycles. The molecular formula is C14H13F3N2O4. The number of hydrogen-bond acceptors (Lipinski definition) is 5. The number of alkyl halides is 3. The molecule has 124 valence electrons. The SMILES string of the molecule is O=C(NCC(O)c1ccco1)c1cccc(OCC(F)(F)F)n1. The Bertz CT molecular complexity index is 644. The number of aromatic nitrogens is 1. The third kappa shape index (κ3) is 5.29. The summed E-state index contributed by atoms with van der Waals surface area (Å²) >= 11 is 0. The first-order valence-corrected chi connectivity index (χ1v) is 6.51. The zero-order chi connectivity index (χ0) is 16.9. The predicted molar refractivity (Wildman–Crippen MR) is 71.8 cm³/mol. The van der Waals surface area contributed by atoms with Crippen LogP contribution in [0.1, 0.15) is 22.4 Å². The molecule has 2 heterocycles. The molecule has 2 aromatic heterocycles. The number of aliphatic hydroxyl groups excluding tert-OH is 1. The Morgan fingerprint density at radius 1 is 1.35 bits per heavy atom. The van der Waals surface area contributed by atoms with E-state index in [1.165, 1.54) is 24.5 Å². The molecule has 1 atom stereocenters. The Labute approximate surface area is 128 Å². The van der Waals surface area contributed by atoms with Crippen LogP contribution in [0.2, 0.25) is 0 Å². The molecule has 6 nitrogen and oxygen atoms in total. The molecule has 0 spiro atoms. The Morgan fingerprint density at radius 3 is 2.78 bits per heavy atom. The van der Waals surface area contributed by atoms with Crippen molar-refractivity contribution in [2.45, 2.75) is 12.3 Å². The molecular weight excluding hydrogens is 317 g/mol. The van der Waals surface area contributed by atoms with Crippen molar-refractivity contribution in [1.29, 1.82) is 0 Å². The fraction of sp³-hybridized carbons (Fsp3) is 0.286. The summed E-state index contributed by atoms with van der Waals surface area (Å²) in [7, 11) is 0. The number of aliphatic hydroxyl groups is 1. The van der Waals surface area contributed by atoms with Crippen LogP contribution in [0.25, 0.3) is 0 Å². The highest BCUT2D eigenvalue weighted by Crippen LogP contribution is 2.17. The highest BCUT2D eigenvalue weighted by molar-refractivity contribution is 5.92. The van der Waals surface area contributed by atoms with E-state index in [1.807, 2.05) is 0 Å². The van der Waals surface area contributed by atoms with Gasteiger partial charge in [0.15, 0.2) is 6.61 Å². The van der Waals surface area contributed by atoms with Crippen molar-refractivity contribution in [3.05, 3.63) is 48.0 Å². The number of halogens is 3. The van der Waals surface area contributed by atoms with Crippen LogP contribution in [0.15, 0.2) is 41.0 Å². The third-order valence-electron chi connectivity index (χ3n) is 2.67. The second-order valence-electron chi connectivity index (χ2n) is 4.51. The molecule has 0 saturated carbocycles. The van der Waals surface area contributed by atoms with Gasteiger partial charge < -0.3 is 19.6 Å². The summed E-state index contributed by atoms with van der Waals surface area (Å²) in [5, 5.41) is 12.2. The first-order chi connectivity index (χ1) is 10.8. The number of carbonyl (C=O) groups is 1. The normalized spacial score (nSPS) is 12.7. The minimum Gasteiger partial charge on any atom is -0.468 e. The van der Waals surface area contributed by atoms with Crippen molar-refractivity contribution in [3.8, 4) is 5.88 Å². The van der Waals surface area contributed by atoms with Gasteiger partial charge in [-0.15, -0.1) is 0 Å². The number of nitrogens with one attached hydrogen (secondary N) is 1. The first kappa shape index (κ1) is 16.8. The Kier molecular flexibility index (Phi) is 5.22. The number of ether oxygens (including phenoxy) is 1. The lowest BCUT2D eigenvalue weighted by molar-refractivity contribution is -0.154. The summed E-state index contributed by atoms with van der Waals surface area (Å²) in [6.45, 7) is -1.63. The van der Waals surface area contributed by atoms with Gasteiger partial charge in [-0.3, -0.25) is 4.79 Å². The number of nitrogens with zero attached hydrogens (tertiary/aromatic N) is 1. The van der Waals surface area contributed by atoms with Gasteiger partial charge in [0.25, 0.3) is 5.91 Å². The van der Waals surface area contributed by atoms with E-state index in [1.54, 1.807) is 12.1 Å². The molecule has 0 fully saturated rings. The van der Waals surface area contributed by atoms with Gasteiger partial charge in [-0.25, -0.2) is 4.98 Å². The van der Waals surface area contributed by atoms with E-state index in [0.29, 0.717) is 0 Å². The minimum absolute atomic E-state index is 0.128. The van der Waals surface area contributed by atoms with Gasteiger partial charge in [0.1, 0.15) is 17.6 Å². The first-order valence-electron chi connectivity index (χ1n) is 6.51. The van der Waals surface area contributed by atoms with Crippen LogP contribution in [0.5, 0.6) is 5.88 Å². The van der Waals surface area contributed by atoms with E-state index in [2.05, 4.69) is 15.0 Å². The van der Waals surface area contributed by atoms with Crippen LogP contribution in [0.4, 0.5) is 13.2 Å². The number of pyridine rings is 1. The lowest BCUT2D eigenvalue weighted by Crippen LogP contribution is -2.29. The van der Waals surface area contributed by atoms with Crippen LogP contribution in [-0.4, -0.2) is 35.3 Å². The number of hydrogen-bond donors (Lipinski definition) is 2. The molecule has 2 rings (SSSR count). The fourth-order valence-electron chi connectivity index (χ4n) is 1.64. The summed E-state index contributed by atoms with van der Waals surface area (Å²) in [4.78, 5) is 15.6. The molecule has 0 bridgehead atoms. The Morgan fingerprint density at radius 2 is 2.13 bits per heavy atom. The van der Waals surface area contributed by atoms with Gasteiger partial charge >= 0.3 is 6.18 Å². The number of carbonyl (C=O) groups excluding carboxylic acids is 1. The molecule has 0 saturated heterocycles. The van der Waals surface area contributed by atoms with Crippen molar-refractivity contribution in [3.63, 3.8) is 0 Å². The second kappa shape index (κ2) is 7.14. The van der Waals surface area contributed by atoms with E-state index in [9.17, 15) is 23.1 Å². The van der Waals surface area contributed by atoms with Crippen molar-refractivity contribution in [1.82, 2.24) is 10.3 Å². The van der Waals surface area contributed by atoms with Gasteiger partial charge in [-0.2, -0.15) is 13.2 Å². The fourth-order valence-corrected chi connectivity index (χ4v) is 1.64. The largest absolute Gasteiger partial charge is 0.468 e. The van der Waals surface area contributed by atoms with Crippen molar-refractivity contribution in [2.75, 3.05) is 13.2 Å². The van der Waals surface area contributed by atoms with Crippen molar-refractivity contribution in [2.24, 2.45) is 0 Å². The summed E-state index contributed by atoms with van der Waals surface area (Å²) in [5.74, 6) is -0.699. The van der Waals surface area contributed by atoms with Crippen LogP contribution in [0, 0.1) is 0 Å². The van der Waals surface area contributed by atoms with E-state index < -0.39 is 24.8 Å². The average Bonchev–Trinajstić information content (AvgIpc) is 3.04. The molecule has 0 aliphatic rings. The average molecular weight is 330 g/mol.